The Morgan fingerprint density at radius 2 is 1.86 bits per heavy atom. The van der Waals surface area contributed by atoms with Gasteiger partial charge in [-0.15, -0.1) is 0 Å². The topological polar surface area (TPSA) is 128 Å². The van der Waals surface area contributed by atoms with E-state index >= 15 is 4.39 Å². The van der Waals surface area contributed by atoms with Crippen molar-refractivity contribution in [2.75, 3.05) is 25.4 Å². The summed E-state index contributed by atoms with van der Waals surface area (Å²) in [7, 11) is 0. The maximum atomic E-state index is 15.2. The summed E-state index contributed by atoms with van der Waals surface area (Å²) in [6.45, 7) is 3.68. The predicted molar refractivity (Wildman–Crippen MR) is 166 cm³/mol. The average molecular weight is 595 g/mol. The average Bonchev–Trinajstić information content (AvgIpc) is 3.79. The van der Waals surface area contributed by atoms with Crippen LogP contribution in [0.2, 0.25) is 0 Å². The molecule has 7 rings (SSSR count). The van der Waals surface area contributed by atoms with Crippen molar-refractivity contribution >= 4 is 16.7 Å². The first-order valence-electron chi connectivity index (χ1n) is 15.3. The minimum Gasteiger partial charge on any atom is -0.392 e. The fourth-order valence-corrected chi connectivity index (χ4v) is 6.23. The van der Waals surface area contributed by atoms with E-state index in [0.29, 0.717) is 40.4 Å². The van der Waals surface area contributed by atoms with Gasteiger partial charge in [0.2, 0.25) is 5.95 Å². The largest absolute Gasteiger partial charge is 0.392 e. The van der Waals surface area contributed by atoms with Gasteiger partial charge in [0.15, 0.2) is 5.82 Å². The summed E-state index contributed by atoms with van der Waals surface area (Å²) in [5.74, 6) is 0.634. The van der Waals surface area contributed by atoms with E-state index in [2.05, 4.69) is 25.0 Å². The zero-order valence-corrected chi connectivity index (χ0v) is 24.5. The molecule has 0 spiro atoms. The van der Waals surface area contributed by atoms with Gasteiger partial charge in [-0.05, 0) is 79.4 Å². The SMILES string of the molecule is Nc1nc(Cc2cnn(CCN3CCCCC3)c2)nc(-c2cccc(-n3ccc4cc(C5CC5)cc(F)c4c3=O)c2CO)n1. The van der Waals surface area contributed by atoms with Gasteiger partial charge in [-0.3, -0.25) is 14.0 Å². The summed E-state index contributed by atoms with van der Waals surface area (Å²) < 4.78 is 18.5. The minimum atomic E-state index is -0.532. The van der Waals surface area contributed by atoms with Crippen molar-refractivity contribution in [2.24, 2.45) is 0 Å². The molecule has 10 nitrogen and oxygen atoms in total. The smallest absolute Gasteiger partial charge is 0.265 e. The number of fused-ring (bicyclic) bond motifs is 1. The Kier molecular flexibility index (Phi) is 7.65. The van der Waals surface area contributed by atoms with Crippen molar-refractivity contribution in [3.63, 3.8) is 0 Å². The second-order valence-electron chi connectivity index (χ2n) is 11.8. The highest BCUT2D eigenvalue weighted by Crippen LogP contribution is 2.41. The lowest BCUT2D eigenvalue weighted by atomic mass is 10.0. The zero-order valence-electron chi connectivity index (χ0n) is 24.5. The third-order valence-corrected chi connectivity index (χ3v) is 8.68. The molecule has 2 aliphatic rings. The van der Waals surface area contributed by atoms with Gasteiger partial charge in [0.1, 0.15) is 11.6 Å². The van der Waals surface area contributed by atoms with Crippen molar-refractivity contribution in [2.45, 2.75) is 57.6 Å². The molecule has 0 bridgehead atoms. The molecule has 2 fully saturated rings. The number of aliphatic hydroxyl groups excluding tert-OH is 1. The van der Waals surface area contributed by atoms with Crippen LogP contribution in [0, 0.1) is 5.82 Å². The van der Waals surface area contributed by atoms with Crippen LogP contribution in [-0.2, 0) is 19.6 Å². The minimum absolute atomic E-state index is 0.0226. The van der Waals surface area contributed by atoms with Crippen molar-refractivity contribution in [1.82, 2.24) is 34.2 Å². The van der Waals surface area contributed by atoms with E-state index < -0.39 is 18.0 Å². The van der Waals surface area contributed by atoms with Crippen LogP contribution in [0.15, 0.2) is 59.8 Å². The van der Waals surface area contributed by atoms with Crippen LogP contribution in [0.25, 0.3) is 27.8 Å². The number of likely N-dealkylation sites (tertiary alicyclic amines) is 1. The van der Waals surface area contributed by atoms with Gasteiger partial charge in [0, 0.05) is 36.5 Å². The van der Waals surface area contributed by atoms with Gasteiger partial charge >= 0.3 is 0 Å². The molecule has 226 valence electrons. The molecule has 0 amide bonds. The van der Waals surface area contributed by atoms with Crippen LogP contribution in [0.3, 0.4) is 0 Å². The Hall–Kier alpha value is -4.48. The number of benzene rings is 2. The van der Waals surface area contributed by atoms with Crippen LogP contribution in [-0.4, -0.2) is 58.9 Å². The molecular weight excluding hydrogens is 559 g/mol. The Bertz CT molecular complexity index is 1890. The van der Waals surface area contributed by atoms with E-state index in [0.717, 1.165) is 50.1 Å². The summed E-state index contributed by atoms with van der Waals surface area (Å²) >= 11 is 0. The zero-order chi connectivity index (χ0) is 30.2. The van der Waals surface area contributed by atoms with E-state index in [-0.39, 0.29) is 17.2 Å². The molecular formula is C33H35FN8O2. The summed E-state index contributed by atoms with van der Waals surface area (Å²) in [6, 6.07) is 10.3. The highest BCUT2D eigenvalue weighted by atomic mass is 19.1. The number of halogens is 1. The molecule has 1 aliphatic carbocycles. The Morgan fingerprint density at radius 3 is 2.66 bits per heavy atom. The Morgan fingerprint density at radius 1 is 1.02 bits per heavy atom. The molecule has 1 saturated carbocycles. The van der Waals surface area contributed by atoms with Gasteiger partial charge < -0.3 is 15.7 Å². The van der Waals surface area contributed by atoms with E-state index in [9.17, 15) is 9.90 Å². The maximum Gasteiger partial charge on any atom is 0.265 e. The van der Waals surface area contributed by atoms with Crippen LogP contribution in [0.4, 0.5) is 10.3 Å². The van der Waals surface area contributed by atoms with Gasteiger partial charge in [-0.1, -0.05) is 24.6 Å². The quantitative estimate of drug-likeness (QED) is 0.260. The fraction of sp³-hybridized carbons (Fsp3) is 0.364. The molecule has 1 aliphatic heterocycles. The van der Waals surface area contributed by atoms with Crippen LogP contribution < -0.4 is 11.3 Å². The maximum absolute atomic E-state index is 15.2. The second-order valence-corrected chi connectivity index (χ2v) is 11.8. The molecule has 3 N–H and O–H groups in total. The van der Waals surface area contributed by atoms with Crippen molar-refractivity contribution in [3.8, 4) is 17.1 Å². The number of aromatic nitrogens is 6. The molecule has 0 atom stereocenters. The lowest BCUT2D eigenvalue weighted by Gasteiger charge is -2.26. The molecule has 1 saturated heterocycles. The third kappa shape index (κ3) is 5.72. The summed E-state index contributed by atoms with van der Waals surface area (Å²) in [5.41, 5.74) is 8.85. The lowest BCUT2D eigenvalue weighted by molar-refractivity contribution is 0.218. The second kappa shape index (κ2) is 11.9. The molecule has 5 aromatic rings. The number of anilines is 1. The molecule has 0 unspecified atom stereocenters. The van der Waals surface area contributed by atoms with E-state index in [1.54, 1.807) is 30.5 Å². The number of rotatable bonds is 9. The number of aliphatic hydroxyl groups is 1. The number of nitrogen functional groups attached to an aromatic ring is 1. The normalized spacial score (nSPS) is 15.7. The van der Waals surface area contributed by atoms with E-state index in [1.807, 2.05) is 23.1 Å². The molecule has 0 radical (unpaired) electrons. The number of hydrogen-bond donors (Lipinski definition) is 2. The highest BCUT2D eigenvalue weighted by Gasteiger charge is 2.25. The molecule has 4 heterocycles. The Balaban J connectivity index is 1.18. The third-order valence-electron chi connectivity index (χ3n) is 8.68. The van der Waals surface area contributed by atoms with Crippen LogP contribution in [0.1, 0.15) is 60.5 Å². The first-order chi connectivity index (χ1) is 21.5. The van der Waals surface area contributed by atoms with E-state index in [4.69, 9.17) is 5.73 Å². The van der Waals surface area contributed by atoms with Crippen molar-refractivity contribution in [1.29, 1.82) is 0 Å². The van der Waals surface area contributed by atoms with Crippen LogP contribution >= 0.6 is 0 Å². The van der Waals surface area contributed by atoms with Crippen LogP contribution in [0.5, 0.6) is 0 Å². The van der Waals surface area contributed by atoms with Gasteiger partial charge in [-0.25, -0.2) is 9.37 Å². The van der Waals surface area contributed by atoms with Crippen molar-refractivity contribution < 1.29 is 9.50 Å². The molecule has 3 aromatic heterocycles. The van der Waals surface area contributed by atoms with Crippen molar-refractivity contribution in [3.05, 3.63) is 93.7 Å². The summed E-state index contributed by atoms with van der Waals surface area (Å²) in [5, 5.41) is 15.6. The summed E-state index contributed by atoms with van der Waals surface area (Å²) in [6.07, 6.45) is 11.8. The lowest BCUT2D eigenvalue weighted by Crippen LogP contribution is -2.32. The molecule has 44 heavy (non-hydrogen) atoms. The predicted octanol–water partition coefficient (Wildman–Crippen LogP) is 4.21. The Labute approximate surface area is 254 Å². The number of nitrogens with zero attached hydrogens (tertiary/aromatic N) is 7. The fourth-order valence-electron chi connectivity index (χ4n) is 6.23. The van der Waals surface area contributed by atoms with E-state index in [1.165, 1.54) is 29.9 Å². The van der Waals surface area contributed by atoms with Gasteiger partial charge in [0.05, 0.1) is 30.4 Å². The van der Waals surface area contributed by atoms with Gasteiger partial charge in [-0.2, -0.15) is 15.1 Å². The molecule has 2 aromatic carbocycles. The monoisotopic (exact) mass is 594 g/mol. The first-order valence-corrected chi connectivity index (χ1v) is 15.3. The standard InChI is InChI=1S/C33H35FN8O2/c34-27-17-24(22-7-8-22)16-23-9-12-42(32(44)30(23)27)28-6-4-5-25(26(28)20-43)31-37-29(38-33(35)39-31)15-21-18-36-41(19-21)14-13-40-10-2-1-3-11-40/h4-6,9,12,16-19,22,43H,1-3,7-8,10-11,13-15,20H2,(H2,35,37,38,39). The number of piperidine rings is 1. The number of hydrogen-bond acceptors (Lipinski definition) is 8. The number of nitrogens with two attached hydrogens (primary N) is 1. The van der Waals surface area contributed by atoms with Gasteiger partial charge in [0.25, 0.3) is 5.56 Å². The summed E-state index contributed by atoms with van der Waals surface area (Å²) in [4.78, 5) is 29.5. The highest BCUT2D eigenvalue weighted by molar-refractivity contribution is 5.83. The first kappa shape index (κ1) is 28.3. The molecule has 11 heteroatoms. The number of pyridine rings is 1.